The van der Waals surface area contributed by atoms with Gasteiger partial charge >= 0.3 is 0 Å². The van der Waals surface area contributed by atoms with Crippen LogP contribution in [0.1, 0.15) is 40.4 Å². The Hall–Kier alpha value is -3.08. The fourth-order valence-electron chi connectivity index (χ4n) is 3.82. The average molecular weight is 375 g/mol. The van der Waals surface area contributed by atoms with Gasteiger partial charge in [0.15, 0.2) is 0 Å². The minimum Gasteiger partial charge on any atom is -0.338 e. The highest BCUT2D eigenvalue weighted by molar-refractivity contribution is 5.94. The number of hydrogen-bond acceptors (Lipinski definition) is 3. The number of aromatic nitrogens is 2. The highest BCUT2D eigenvalue weighted by Gasteiger charge is 2.28. The smallest absolute Gasteiger partial charge is 0.253 e. The number of carbonyl (C=O) groups is 1. The minimum absolute atomic E-state index is 0.0642. The number of carbonyl (C=O) groups excluding carboxylic acids is 1. The molecule has 1 aliphatic heterocycles. The quantitative estimate of drug-likeness (QED) is 0.671. The number of hydrogen-bond donors (Lipinski definition) is 0. The third-order valence-electron chi connectivity index (χ3n) is 5.20. The summed E-state index contributed by atoms with van der Waals surface area (Å²) in [5.74, 6) is -0.275. The molecule has 0 N–H and O–H groups in total. The molecule has 1 fully saturated rings. The molecular formula is C23H22FN3O. The molecule has 1 aliphatic rings. The first-order valence-electron chi connectivity index (χ1n) is 9.54. The van der Waals surface area contributed by atoms with Crippen molar-refractivity contribution in [2.24, 2.45) is 0 Å². The zero-order valence-corrected chi connectivity index (χ0v) is 15.8. The standard InChI is InChI=1S/C23H22FN3O/c1-16-4-2-5-18(14-16)21-22(26-12-11-25-21)19-6-3-13-27(15-19)23(28)17-7-9-20(24)10-8-17/h2,4-5,7-12,14,19H,3,6,13,15H2,1H3. The van der Waals surface area contributed by atoms with Crippen LogP contribution in [0.15, 0.2) is 60.9 Å². The molecule has 1 amide bonds. The molecule has 1 saturated heterocycles. The van der Waals surface area contributed by atoms with Gasteiger partial charge in [-0.15, -0.1) is 0 Å². The van der Waals surface area contributed by atoms with E-state index in [1.54, 1.807) is 24.5 Å². The molecule has 3 aromatic rings. The summed E-state index contributed by atoms with van der Waals surface area (Å²) >= 11 is 0. The molecule has 28 heavy (non-hydrogen) atoms. The van der Waals surface area contributed by atoms with Crippen LogP contribution in [-0.4, -0.2) is 33.9 Å². The van der Waals surface area contributed by atoms with Crippen LogP contribution in [0, 0.1) is 12.7 Å². The molecule has 0 saturated carbocycles. The van der Waals surface area contributed by atoms with Crippen LogP contribution in [0.3, 0.4) is 0 Å². The summed E-state index contributed by atoms with van der Waals surface area (Å²) in [5, 5.41) is 0. The number of nitrogens with zero attached hydrogens (tertiary/aromatic N) is 3. The number of piperidine rings is 1. The second-order valence-corrected chi connectivity index (χ2v) is 7.26. The van der Waals surface area contributed by atoms with Crippen LogP contribution in [0.2, 0.25) is 0 Å². The molecule has 2 aromatic carbocycles. The Labute approximate surface area is 164 Å². The van der Waals surface area contributed by atoms with Crippen LogP contribution in [0.5, 0.6) is 0 Å². The van der Waals surface area contributed by atoms with E-state index in [9.17, 15) is 9.18 Å². The lowest BCUT2D eigenvalue weighted by Gasteiger charge is -2.33. The first kappa shape index (κ1) is 18.3. The lowest BCUT2D eigenvalue weighted by atomic mass is 9.91. The van der Waals surface area contributed by atoms with Gasteiger partial charge in [-0.05, 0) is 50.1 Å². The van der Waals surface area contributed by atoms with Crippen LogP contribution < -0.4 is 0 Å². The van der Waals surface area contributed by atoms with Gasteiger partial charge in [0.2, 0.25) is 0 Å². The van der Waals surface area contributed by atoms with Gasteiger partial charge in [0.25, 0.3) is 5.91 Å². The maximum atomic E-state index is 13.2. The third kappa shape index (κ3) is 3.79. The van der Waals surface area contributed by atoms with Crippen LogP contribution in [0.4, 0.5) is 4.39 Å². The molecule has 4 rings (SSSR count). The molecule has 1 aromatic heterocycles. The number of aryl methyl sites for hydroxylation is 1. The molecule has 142 valence electrons. The molecule has 0 radical (unpaired) electrons. The van der Waals surface area contributed by atoms with Gasteiger partial charge in [-0.3, -0.25) is 14.8 Å². The summed E-state index contributed by atoms with van der Waals surface area (Å²) in [4.78, 5) is 23.9. The van der Waals surface area contributed by atoms with Crippen molar-refractivity contribution in [3.05, 3.63) is 83.6 Å². The number of rotatable bonds is 3. The highest BCUT2D eigenvalue weighted by Crippen LogP contribution is 2.32. The van der Waals surface area contributed by atoms with Gasteiger partial charge in [0, 0.05) is 42.5 Å². The molecule has 0 aliphatic carbocycles. The van der Waals surface area contributed by atoms with E-state index in [0.29, 0.717) is 18.7 Å². The molecule has 0 spiro atoms. The molecule has 1 unspecified atom stereocenters. The second-order valence-electron chi connectivity index (χ2n) is 7.26. The van der Waals surface area contributed by atoms with Crippen molar-refractivity contribution in [1.82, 2.24) is 14.9 Å². The lowest BCUT2D eigenvalue weighted by molar-refractivity contribution is 0.0706. The molecular weight excluding hydrogens is 353 g/mol. The van der Waals surface area contributed by atoms with Gasteiger partial charge in [-0.1, -0.05) is 23.8 Å². The van der Waals surface area contributed by atoms with Crippen molar-refractivity contribution < 1.29 is 9.18 Å². The predicted octanol–water partition coefficient (Wildman–Crippen LogP) is 4.61. The van der Waals surface area contributed by atoms with E-state index in [1.165, 1.54) is 17.7 Å². The van der Waals surface area contributed by atoms with Crippen molar-refractivity contribution >= 4 is 5.91 Å². The maximum absolute atomic E-state index is 13.2. The number of amides is 1. The van der Waals surface area contributed by atoms with E-state index in [-0.39, 0.29) is 17.6 Å². The largest absolute Gasteiger partial charge is 0.338 e. The molecule has 4 nitrogen and oxygen atoms in total. The van der Waals surface area contributed by atoms with E-state index in [2.05, 4.69) is 29.0 Å². The summed E-state index contributed by atoms with van der Waals surface area (Å²) in [6.07, 6.45) is 5.30. The van der Waals surface area contributed by atoms with Gasteiger partial charge in [-0.2, -0.15) is 0 Å². The Morgan fingerprint density at radius 1 is 1.11 bits per heavy atom. The van der Waals surface area contributed by atoms with Crippen LogP contribution in [-0.2, 0) is 0 Å². The van der Waals surface area contributed by atoms with E-state index in [1.807, 2.05) is 17.0 Å². The van der Waals surface area contributed by atoms with Crippen molar-refractivity contribution in [1.29, 1.82) is 0 Å². The van der Waals surface area contributed by atoms with Gasteiger partial charge in [0.1, 0.15) is 5.82 Å². The Balaban J connectivity index is 1.60. The SMILES string of the molecule is Cc1cccc(-c2nccnc2C2CCCN(C(=O)c3ccc(F)cc3)C2)c1. The fraction of sp³-hybridized carbons (Fsp3) is 0.261. The van der Waals surface area contributed by atoms with E-state index in [4.69, 9.17) is 0 Å². The second kappa shape index (κ2) is 7.89. The summed E-state index contributed by atoms with van der Waals surface area (Å²) in [6, 6.07) is 14.0. The van der Waals surface area contributed by atoms with E-state index >= 15 is 0 Å². The summed E-state index contributed by atoms with van der Waals surface area (Å²) < 4.78 is 13.2. The van der Waals surface area contributed by atoms with Gasteiger partial charge < -0.3 is 4.90 Å². The van der Waals surface area contributed by atoms with Gasteiger partial charge in [0.05, 0.1) is 11.4 Å². The summed E-state index contributed by atoms with van der Waals surface area (Å²) in [5.41, 5.74) is 4.55. The Bertz CT molecular complexity index is 987. The van der Waals surface area contributed by atoms with Gasteiger partial charge in [-0.25, -0.2) is 4.39 Å². The minimum atomic E-state index is -0.338. The lowest BCUT2D eigenvalue weighted by Crippen LogP contribution is -2.39. The Morgan fingerprint density at radius 3 is 2.68 bits per heavy atom. The highest BCUT2D eigenvalue weighted by atomic mass is 19.1. The van der Waals surface area contributed by atoms with Crippen molar-refractivity contribution in [3.63, 3.8) is 0 Å². The van der Waals surface area contributed by atoms with E-state index < -0.39 is 0 Å². The van der Waals surface area contributed by atoms with Crippen LogP contribution >= 0.6 is 0 Å². The summed E-state index contributed by atoms with van der Waals surface area (Å²) in [6.45, 7) is 3.35. The van der Waals surface area contributed by atoms with Crippen molar-refractivity contribution in [2.75, 3.05) is 13.1 Å². The average Bonchev–Trinajstić information content (AvgIpc) is 2.74. The number of benzene rings is 2. The van der Waals surface area contributed by atoms with Crippen molar-refractivity contribution in [2.45, 2.75) is 25.7 Å². The zero-order chi connectivity index (χ0) is 19.5. The number of likely N-dealkylation sites (tertiary alicyclic amines) is 1. The van der Waals surface area contributed by atoms with E-state index in [0.717, 1.165) is 29.8 Å². The molecule has 2 heterocycles. The maximum Gasteiger partial charge on any atom is 0.253 e. The topological polar surface area (TPSA) is 46.1 Å². The Morgan fingerprint density at radius 2 is 1.89 bits per heavy atom. The molecule has 5 heteroatoms. The predicted molar refractivity (Wildman–Crippen MR) is 106 cm³/mol. The fourth-order valence-corrected chi connectivity index (χ4v) is 3.82. The number of halogens is 1. The third-order valence-corrected chi connectivity index (χ3v) is 5.20. The normalized spacial score (nSPS) is 16.8. The zero-order valence-electron chi connectivity index (χ0n) is 15.8. The van der Waals surface area contributed by atoms with Crippen LogP contribution in [0.25, 0.3) is 11.3 Å². The monoisotopic (exact) mass is 375 g/mol. The van der Waals surface area contributed by atoms with Crippen molar-refractivity contribution in [3.8, 4) is 11.3 Å². The molecule has 0 bridgehead atoms. The molecule has 1 atom stereocenters. The Kier molecular flexibility index (Phi) is 5.15. The summed E-state index contributed by atoms with van der Waals surface area (Å²) in [7, 11) is 0. The first-order chi connectivity index (χ1) is 13.6. The first-order valence-corrected chi connectivity index (χ1v) is 9.54.